The number of nitrogens with one attached hydrogen (secondary N) is 1. The molecule has 0 aliphatic heterocycles. The van der Waals surface area contributed by atoms with Crippen molar-refractivity contribution in [2.45, 2.75) is 46.5 Å². The van der Waals surface area contributed by atoms with Crippen LogP contribution in [0.1, 0.15) is 40.5 Å². The molecule has 3 nitrogen and oxygen atoms in total. The van der Waals surface area contributed by atoms with Crippen LogP contribution in [0.15, 0.2) is 42.5 Å². The summed E-state index contributed by atoms with van der Waals surface area (Å²) in [5.41, 5.74) is 7.10. The highest BCUT2D eigenvalue weighted by atomic mass is 32.1. The normalized spacial score (nSPS) is 15.8. The van der Waals surface area contributed by atoms with Crippen molar-refractivity contribution >= 4 is 43.8 Å². The second kappa shape index (κ2) is 8.21. The number of benzene rings is 2. The number of rotatable bonds is 4. The molecule has 0 unspecified atom stereocenters. The number of para-hydroxylation sites is 1. The third-order valence-corrected chi connectivity index (χ3v) is 8.43. The molecule has 0 radical (unpaired) electrons. The Bertz CT molecular complexity index is 1250. The van der Waals surface area contributed by atoms with E-state index in [0.717, 1.165) is 39.5 Å². The van der Waals surface area contributed by atoms with Crippen LogP contribution in [0.2, 0.25) is 0 Å². The van der Waals surface area contributed by atoms with E-state index < -0.39 is 0 Å². The first-order valence-corrected chi connectivity index (χ1v) is 12.5. The molecule has 31 heavy (non-hydrogen) atoms. The molecule has 0 saturated carbocycles. The summed E-state index contributed by atoms with van der Waals surface area (Å²) < 4.78 is 1.19. The van der Waals surface area contributed by atoms with Crippen LogP contribution < -0.4 is 5.32 Å². The number of amides is 1. The molecule has 0 spiro atoms. The maximum atomic E-state index is 13.0. The highest BCUT2D eigenvalue weighted by molar-refractivity contribution is 7.22. The van der Waals surface area contributed by atoms with Gasteiger partial charge in [0.25, 0.3) is 0 Å². The number of fused-ring (bicyclic) bond motifs is 2. The van der Waals surface area contributed by atoms with Crippen molar-refractivity contribution in [3.8, 4) is 10.6 Å². The number of aryl methyl sites for hydroxylation is 2. The molecule has 5 heteroatoms. The predicted molar refractivity (Wildman–Crippen MR) is 132 cm³/mol. The standard InChI is InChI=1S/C26H26N2OS2/c1-15-8-11-19-22(12-15)31-26(24(19)25-27-20-6-4-5-7-21(20)30-25)28-23(29)14-18-10-9-16(2)17(3)13-18/h4-7,9-10,13,15H,8,11-12,14H2,1-3H3,(H,28,29)/t15-/m0/s1. The van der Waals surface area contributed by atoms with Gasteiger partial charge < -0.3 is 5.32 Å². The van der Waals surface area contributed by atoms with Gasteiger partial charge in [0.05, 0.1) is 16.6 Å². The summed E-state index contributed by atoms with van der Waals surface area (Å²) in [5.74, 6) is 0.728. The summed E-state index contributed by atoms with van der Waals surface area (Å²) in [6.07, 6.45) is 3.73. The topological polar surface area (TPSA) is 42.0 Å². The molecular weight excluding hydrogens is 420 g/mol. The van der Waals surface area contributed by atoms with E-state index in [1.807, 2.05) is 6.07 Å². The fraction of sp³-hybridized carbons (Fsp3) is 0.308. The monoisotopic (exact) mass is 446 g/mol. The Labute approximate surface area is 191 Å². The molecule has 158 valence electrons. The highest BCUT2D eigenvalue weighted by Gasteiger charge is 2.27. The number of hydrogen-bond acceptors (Lipinski definition) is 4. The Morgan fingerprint density at radius 2 is 1.97 bits per heavy atom. The van der Waals surface area contributed by atoms with Gasteiger partial charge in [-0.15, -0.1) is 22.7 Å². The van der Waals surface area contributed by atoms with E-state index in [9.17, 15) is 4.79 Å². The lowest BCUT2D eigenvalue weighted by molar-refractivity contribution is -0.115. The van der Waals surface area contributed by atoms with Gasteiger partial charge in [-0.3, -0.25) is 4.79 Å². The molecular formula is C26H26N2OS2. The number of nitrogens with zero attached hydrogens (tertiary/aromatic N) is 1. The molecule has 1 N–H and O–H groups in total. The number of thiazole rings is 1. The first kappa shape index (κ1) is 20.4. The highest BCUT2D eigenvalue weighted by Crippen LogP contribution is 2.47. The van der Waals surface area contributed by atoms with E-state index in [2.05, 4.69) is 62.5 Å². The molecule has 2 aromatic carbocycles. The summed E-state index contributed by atoms with van der Waals surface area (Å²) in [5, 5.41) is 5.24. The Hall–Kier alpha value is -2.50. The van der Waals surface area contributed by atoms with Crippen molar-refractivity contribution in [1.29, 1.82) is 0 Å². The van der Waals surface area contributed by atoms with Gasteiger partial charge in [-0.1, -0.05) is 37.3 Å². The lowest BCUT2D eigenvalue weighted by atomic mass is 9.88. The lowest BCUT2D eigenvalue weighted by Gasteiger charge is -2.18. The number of carbonyl (C=O) groups is 1. The van der Waals surface area contributed by atoms with Crippen LogP contribution in [-0.4, -0.2) is 10.9 Å². The van der Waals surface area contributed by atoms with E-state index in [-0.39, 0.29) is 5.91 Å². The van der Waals surface area contributed by atoms with Crippen molar-refractivity contribution in [3.05, 3.63) is 69.6 Å². The van der Waals surface area contributed by atoms with Crippen molar-refractivity contribution in [2.75, 3.05) is 5.32 Å². The van der Waals surface area contributed by atoms with Crippen LogP contribution in [0.25, 0.3) is 20.8 Å². The van der Waals surface area contributed by atoms with Gasteiger partial charge in [0.1, 0.15) is 10.0 Å². The zero-order chi connectivity index (χ0) is 21.5. The minimum atomic E-state index is 0.0391. The summed E-state index contributed by atoms with van der Waals surface area (Å²) in [7, 11) is 0. The van der Waals surface area contributed by atoms with Crippen LogP contribution >= 0.6 is 22.7 Å². The Morgan fingerprint density at radius 3 is 2.77 bits per heavy atom. The molecule has 4 aromatic rings. The minimum Gasteiger partial charge on any atom is -0.317 e. The smallest absolute Gasteiger partial charge is 0.229 e. The van der Waals surface area contributed by atoms with Gasteiger partial charge in [-0.2, -0.15) is 0 Å². The SMILES string of the molecule is Cc1ccc(CC(=O)Nc2sc3c(c2-c2nc4ccccc4s2)CC[C@H](C)C3)cc1C. The van der Waals surface area contributed by atoms with E-state index >= 15 is 0 Å². The van der Waals surface area contributed by atoms with E-state index in [1.165, 1.54) is 32.7 Å². The number of aromatic nitrogens is 1. The van der Waals surface area contributed by atoms with Crippen molar-refractivity contribution in [2.24, 2.45) is 5.92 Å². The third-order valence-electron chi connectivity index (χ3n) is 6.21. The van der Waals surface area contributed by atoms with Crippen molar-refractivity contribution in [3.63, 3.8) is 0 Å². The van der Waals surface area contributed by atoms with Gasteiger partial charge in [-0.05, 0) is 73.4 Å². The Morgan fingerprint density at radius 1 is 1.13 bits per heavy atom. The largest absolute Gasteiger partial charge is 0.317 e. The number of hydrogen-bond donors (Lipinski definition) is 1. The van der Waals surface area contributed by atoms with Gasteiger partial charge in [0.15, 0.2) is 0 Å². The average Bonchev–Trinajstić information content (AvgIpc) is 3.30. The molecule has 5 rings (SSSR count). The molecule has 0 bridgehead atoms. The van der Waals surface area contributed by atoms with Gasteiger partial charge in [0, 0.05) is 10.4 Å². The lowest BCUT2D eigenvalue weighted by Crippen LogP contribution is -2.14. The van der Waals surface area contributed by atoms with Crippen molar-refractivity contribution < 1.29 is 4.79 Å². The zero-order valence-corrected chi connectivity index (χ0v) is 19.8. The summed E-state index contributed by atoms with van der Waals surface area (Å²) in [4.78, 5) is 19.3. The van der Waals surface area contributed by atoms with E-state index in [1.54, 1.807) is 22.7 Å². The zero-order valence-electron chi connectivity index (χ0n) is 18.1. The molecule has 0 fully saturated rings. The van der Waals surface area contributed by atoms with Gasteiger partial charge in [0.2, 0.25) is 5.91 Å². The number of carbonyl (C=O) groups excluding carboxylic acids is 1. The maximum absolute atomic E-state index is 13.0. The Kier molecular flexibility index (Phi) is 5.40. The van der Waals surface area contributed by atoms with Crippen LogP contribution in [0.3, 0.4) is 0 Å². The fourth-order valence-corrected chi connectivity index (χ4v) is 6.85. The molecule has 1 amide bonds. The minimum absolute atomic E-state index is 0.0391. The Balaban J connectivity index is 1.50. The van der Waals surface area contributed by atoms with Crippen LogP contribution in [0.5, 0.6) is 0 Å². The third kappa shape index (κ3) is 4.04. The van der Waals surface area contributed by atoms with Crippen molar-refractivity contribution in [1.82, 2.24) is 4.98 Å². The van der Waals surface area contributed by atoms with Crippen LogP contribution in [0.4, 0.5) is 5.00 Å². The second-order valence-corrected chi connectivity index (χ2v) is 10.8. The first-order chi connectivity index (χ1) is 15.0. The molecule has 0 saturated heterocycles. The first-order valence-electron chi connectivity index (χ1n) is 10.8. The molecule has 1 aliphatic carbocycles. The predicted octanol–water partition coefficient (Wildman–Crippen LogP) is 6.95. The summed E-state index contributed by atoms with van der Waals surface area (Å²) >= 11 is 3.47. The average molecular weight is 447 g/mol. The van der Waals surface area contributed by atoms with Crippen LogP contribution in [-0.2, 0) is 24.1 Å². The summed E-state index contributed by atoms with van der Waals surface area (Å²) in [6, 6.07) is 14.5. The molecule has 1 atom stereocenters. The number of anilines is 1. The molecule has 2 aromatic heterocycles. The fourth-order valence-electron chi connectivity index (χ4n) is 4.31. The summed E-state index contributed by atoms with van der Waals surface area (Å²) in [6.45, 7) is 6.51. The molecule has 2 heterocycles. The van der Waals surface area contributed by atoms with Crippen LogP contribution in [0, 0.1) is 19.8 Å². The van der Waals surface area contributed by atoms with Gasteiger partial charge in [-0.25, -0.2) is 4.98 Å². The molecule has 1 aliphatic rings. The maximum Gasteiger partial charge on any atom is 0.229 e. The van der Waals surface area contributed by atoms with E-state index in [0.29, 0.717) is 12.3 Å². The van der Waals surface area contributed by atoms with E-state index in [4.69, 9.17) is 4.98 Å². The number of thiophene rings is 1. The van der Waals surface area contributed by atoms with Gasteiger partial charge >= 0.3 is 0 Å². The quantitative estimate of drug-likeness (QED) is 0.369. The second-order valence-electron chi connectivity index (χ2n) is 8.69.